The second kappa shape index (κ2) is 7.20. The predicted octanol–water partition coefficient (Wildman–Crippen LogP) is 1.80. The molecule has 2 saturated heterocycles. The Morgan fingerprint density at radius 1 is 1.14 bits per heavy atom. The molecule has 2 fully saturated rings. The summed E-state index contributed by atoms with van der Waals surface area (Å²) in [5, 5.41) is 0. The molecule has 0 atom stereocenters. The van der Waals surface area contributed by atoms with E-state index >= 15 is 0 Å². The molecule has 0 spiro atoms. The van der Waals surface area contributed by atoms with Crippen molar-refractivity contribution in [2.75, 3.05) is 33.4 Å². The van der Waals surface area contributed by atoms with Crippen molar-refractivity contribution in [2.24, 2.45) is 0 Å². The van der Waals surface area contributed by atoms with Gasteiger partial charge in [0.05, 0.1) is 0 Å². The lowest BCUT2D eigenvalue weighted by Gasteiger charge is -2.41. The van der Waals surface area contributed by atoms with Gasteiger partial charge in [0.15, 0.2) is 0 Å². The van der Waals surface area contributed by atoms with Crippen molar-refractivity contribution in [3.05, 3.63) is 30.1 Å². The Kier molecular flexibility index (Phi) is 5.05. The summed E-state index contributed by atoms with van der Waals surface area (Å²) in [5.74, 6) is 0.134. The van der Waals surface area contributed by atoms with Crippen LogP contribution in [0.2, 0.25) is 0 Å². The van der Waals surface area contributed by atoms with Gasteiger partial charge in [0.2, 0.25) is 0 Å². The number of amides is 1. The molecule has 1 aromatic rings. The van der Waals surface area contributed by atoms with E-state index in [2.05, 4.69) is 16.9 Å². The van der Waals surface area contributed by atoms with Crippen LogP contribution in [-0.4, -0.2) is 66.1 Å². The minimum Gasteiger partial charge on any atom is -0.381 e. The number of aromatic nitrogens is 1. The van der Waals surface area contributed by atoms with Gasteiger partial charge < -0.3 is 14.5 Å². The molecule has 5 nitrogen and oxygen atoms in total. The van der Waals surface area contributed by atoms with Gasteiger partial charge >= 0.3 is 0 Å². The number of carbonyl (C=O) groups is 1. The molecule has 0 saturated carbocycles. The molecule has 0 N–H and O–H groups in total. The Hall–Kier alpha value is -1.46. The van der Waals surface area contributed by atoms with Gasteiger partial charge in [-0.05, 0) is 44.9 Å². The minimum atomic E-state index is 0.134. The maximum absolute atomic E-state index is 12.4. The highest BCUT2D eigenvalue weighted by Gasteiger charge is 2.29. The van der Waals surface area contributed by atoms with E-state index in [1.807, 2.05) is 4.90 Å². The highest BCUT2D eigenvalue weighted by Crippen LogP contribution is 2.22. The lowest BCUT2D eigenvalue weighted by Crippen LogP contribution is -2.49. The largest absolute Gasteiger partial charge is 0.381 e. The fourth-order valence-corrected chi connectivity index (χ4v) is 3.54. The van der Waals surface area contributed by atoms with Crippen LogP contribution in [0.4, 0.5) is 0 Å². The van der Waals surface area contributed by atoms with Gasteiger partial charge in [-0.2, -0.15) is 0 Å². The molecule has 5 heteroatoms. The van der Waals surface area contributed by atoms with Crippen LogP contribution in [-0.2, 0) is 4.74 Å². The first-order valence-electron chi connectivity index (χ1n) is 8.24. The lowest BCUT2D eigenvalue weighted by molar-refractivity contribution is 0.0152. The minimum absolute atomic E-state index is 0.134. The van der Waals surface area contributed by atoms with E-state index in [1.54, 1.807) is 24.5 Å². The summed E-state index contributed by atoms with van der Waals surface area (Å²) in [5.41, 5.74) is 0.742. The van der Waals surface area contributed by atoms with E-state index in [9.17, 15) is 4.79 Å². The Labute approximate surface area is 132 Å². The van der Waals surface area contributed by atoms with Crippen LogP contribution in [0.25, 0.3) is 0 Å². The van der Waals surface area contributed by atoms with Gasteiger partial charge in [0.25, 0.3) is 5.91 Å². The van der Waals surface area contributed by atoms with Crippen LogP contribution >= 0.6 is 0 Å². The summed E-state index contributed by atoms with van der Waals surface area (Å²) >= 11 is 0. The fourth-order valence-electron chi connectivity index (χ4n) is 3.54. The molecule has 3 rings (SSSR count). The van der Waals surface area contributed by atoms with E-state index in [0.717, 1.165) is 57.6 Å². The smallest absolute Gasteiger partial charge is 0.253 e. The van der Waals surface area contributed by atoms with Crippen LogP contribution in [0.1, 0.15) is 36.0 Å². The van der Waals surface area contributed by atoms with Crippen LogP contribution in [0, 0.1) is 0 Å². The second-order valence-corrected chi connectivity index (χ2v) is 6.27. The number of hydrogen-bond acceptors (Lipinski definition) is 4. The van der Waals surface area contributed by atoms with Crippen molar-refractivity contribution >= 4 is 5.91 Å². The maximum Gasteiger partial charge on any atom is 0.253 e. The number of nitrogens with zero attached hydrogens (tertiary/aromatic N) is 3. The molecule has 3 heterocycles. The molecule has 2 aliphatic rings. The third kappa shape index (κ3) is 3.47. The molecule has 2 aliphatic heterocycles. The zero-order chi connectivity index (χ0) is 15.4. The number of pyridine rings is 1. The number of hydrogen-bond donors (Lipinski definition) is 0. The van der Waals surface area contributed by atoms with Crippen LogP contribution in [0.3, 0.4) is 0 Å². The van der Waals surface area contributed by atoms with Crippen molar-refractivity contribution in [3.63, 3.8) is 0 Å². The standard InChI is InChI=1S/C17H25N3O2/c1-19(16-6-12-22-13-7-16)15-4-10-20(11-5-15)17(21)14-2-8-18-9-3-14/h2-3,8-9,15-16H,4-7,10-13H2,1H3. The predicted molar refractivity (Wildman–Crippen MR) is 84.8 cm³/mol. The normalized spacial score (nSPS) is 21.3. The SMILES string of the molecule is CN(C1CCOCC1)C1CCN(C(=O)c2ccncc2)CC1. The van der Waals surface area contributed by atoms with Crippen LogP contribution in [0.15, 0.2) is 24.5 Å². The second-order valence-electron chi connectivity index (χ2n) is 6.27. The Morgan fingerprint density at radius 2 is 1.73 bits per heavy atom. The monoisotopic (exact) mass is 303 g/mol. The third-order valence-electron chi connectivity index (χ3n) is 5.02. The molecule has 0 aromatic carbocycles. The van der Waals surface area contributed by atoms with E-state index in [-0.39, 0.29) is 5.91 Å². The van der Waals surface area contributed by atoms with Gasteiger partial charge in [-0.25, -0.2) is 0 Å². The maximum atomic E-state index is 12.4. The fraction of sp³-hybridized carbons (Fsp3) is 0.647. The molecular formula is C17H25N3O2. The third-order valence-corrected chi connectivity index (χ3v) is 5.02. The van der Waals surface area contributed by atoms with E-state index in [4.69, 9.17) is 4.74 Å². The Morgan fingerprint density at radius 3 is 2.36 bits per heavy atom. The average molecular weight is 303 g/mol. The molecule has 120 valence electrons. The van der Waals surface area contributed by atoms with E-state index < -0.39 is 0 Å². The molecule has 0 aliphatic carbocycles. The summed E-state index contributed by atoms with van der Waals surface area (Å²) in [7, 11) is 2.24. The van der Waals surface area contributed by atoms with E-state index in [1.165, 1.54) is 0 Å². The number of rotatable bonds is 3. The van der Waals surface area contributed by atoms with Crippen molar-refractivity contribution in [1.82, 2.24) is 14.8 Å². The topological polar surface area (TPSA) is 45.7 Å². The summed E-state index contributed by atoms with van der Waals surface area (Å²) in [4.78, 5) is 20.9. The molecule has 1 aromatic heterocycles. The lowest BCUT2D eigenvalue weighted by atomic mass is 9.98. The number of piperidine rings is 1. The van der Waals surface area contributed by atoms with Gasteiger partial charge in [0, 0.05) is 56.3 Å². The average Bonchev–Trinajstić information content (AvgIpc) is 2.62. The molecule has 22 heavy (non-hydrogen) atoms. The molecular weight excluding hydrogens is 278 g/mol. The zero-order valence-electron chi connectivity index (χ0n) is 13.3. The first-order valence-corrected chi connectivity index (χ1v) is 8.24. The Balaban J connectivity index is 1.52. The van der Waals surface area contributed by atoms with Crippen LogP contribution in [0.5, 0.6) is 0 Å². The van der Waals surface area contributed by atoms with Gasteiger partial charge in [-0.3, -0.25) is 9.78 Å². The summed E-state index contributed by atoms with van der Waals surface area (Å²) < 4.78 is 5.45. The molecule has 1 amide bonds. The summed E-state index contributed by atoms with van der Waals surface area (Å²) in [6, 6.07) is 4.82. The first-order chi connectivity index (χ1) is 10.8. The summed E-state index contributed by atoms with van der Waals surface area (Å²) in [6.07, 6.45) is 7.74. The zero-order valence-corrected chi connectivity index (χ0v) is 13.3. The Bertz CT molecular complexity index is 480. The van der Waals surface area contributed by atoms with Gasteiger partial charge in [-0.1, -0.05) is 0 Å². The van der Waals surface area contributed by atoms with Crippen LogP contribution < -0.4 is 0 Å². The first kappa shape index (κ1) is 15.4. The number of likely N-dealkylation sites (tertiary alicyclic amines) is 1. The number of carbonyl (C=O) groups excluding carboxylic acids is 1. The van der Waals surface area contributed by atoms with Gasteiger partial charge in [-0.15, -0.1) is 0 Å². The van der Waals surface area contributed by atoms with E-state index in [0.29, 0.717) is 12.1 Å². The van der Waals surface area contributed by atoms with Gasteiger partial charge in [0.1, 0.15) is 0 Å². The highest BCUT2D eigenvalue weighted by atomic mass is 16.5. The molecule has 0 radical (unpaired) electrons. The highest BCUT2D eigenvalue weighted by molar-refractivity contribution is 5.94. The molecule has 0 unspecified atom stereocenters. The quantitative estimate of drug-likeness (QED) is 0.854. The number of ether oxygens (including phenoxy) is 1. The molecule has 0 bridgehead atoms. The van der Waals surface area contributed by atoms with Crippen molar-refractivity contribution in [3.8, 4) is 0 Å². The van der Waals surface area contributed by atoms with Crippen molar-refractivity contribution < 1.29 is 9.53 Å². The van der Waals surface area contributed by atoms with Crippen molar-refractivity contribution in [2.45, 2.75) is 37.8 Å². The summed E-state index contributed by atoms with van der Waals surface area (Å²) in [6.45, 7) is 3.46. The van der Waals surface area contributed by atoms with Crippen molar-refractivity contribution in [1.29, 1.82) is 0 Å².